The van der Waals surface area contributed by atoms with Crippen LogP contribution in [0.25, 0.3) is 0 Å². The third kappa shape index (κ3) is 5.38. The van der Waals surface area contributed by atoms with Crippen LogP contribution in [0.5, 0.6) is 5.75 Å². The van der Waals surface area contributed by atoms with Crippen molar-refractivity contribution in [3.8, 4) is 5.75 Å². The molecule has 0 fully saturated rings. The quantitative estimate of drug-likeness (QED) is 0.767. The average molecular weight is 391 g/mol. The molecule has 0 aromatic heterocycles. The number of rotatable bonds is 5. The molecule has 0 aliphatic rings. The predicted octanol–water partition coefficient (Wildman–Crippen LogP) is 3.49. The Kier molecular flexibility index (Phi) is 6.37. The van der Waals surface area contributed by atoms with Crippen LogP contribution in [0.4, 0.5) is 5.69 Å². The molecule has 0 bridgehead atoms. The van der Waals surface area contributed by atoms with Gasteiger partial charge < -0.3 is 15.4 Å². The first-order valence-corrected chi connectivity index (χ1v) is 8.34. The van der Waals surface area contributed by atoms with E-state index in [2.05, 4.69) is 26.6 Å². The molecule has 0 unspecified atom stereocenters. The molecule has 0 atom stereocenters. The van der Waals surface area contributed by atoms with Crippen molar-refractivity contribution in [3.05, 3.63) is 58.6 Å². The van der Waals surface area contributed by atoms with Gasteiger partial charge in [-0.25, -0.2) is 0 Å². The number of amides is 2. The van der Waals surface area contributed by atoms with E-state index in [4.69, 9.17) is 4.74 Å². The van der Waals surface area contributed by atoms with Gasteiger partial charge in [-0.15, -0.1) is 0 Å². The number of anilines is 1. The van der Waals surface area contributed by atoms with Gasteiger partial charge in [0.1, 0.15) is 5.75 Å². The van der Waals surface area contributed by atoms with Crippen molar-refractivity contribution in [1.29, 1.82) is 0 Å². The second-order valence-corrected chi connectivity index (χ2v) is 6.34. The smallest absolute Gasteiger partial charge is 0.313 e. The van der Waals surface area contributed by atoms with E-state index in [1.54, 1.807) is 18.2 Å². The first-order valence-electron chi connectivity index (χ1n) is 7.55. The maximum Gasteiger partial charge on any atom is 0.313 e. The van der Waals surface area contributed by atoms with Crippen molar-refractivity contribution in [1.82, 2.24) is 5.32 Å². The lowest BCUT2D eigenvalue weighted by atomic mass is 10.2. The third-order valence-corrected chi connectivity index (χ3v) is 3.56. The zero-order valence-corrected chi connectivity index (χ0v) is 15.1. The van der Waals surface area contributed by atoms with Crippen molar-refractivity contribution in [2.24, 2.45) is 0 Å². The zero-order chi connectivity index (χ0) is 17.5. The Balaban J connectivity index is 1.94. The number of hydrogen-bond acceptors (Lipinski definition) is 3. The fraction of sp³-hybridized carbons (Fsp3) is 0.222. The van der Waals surface area contributed by atoms with Gasteiger partial charge in [-0.2, -0.15) is 0 Å². The zero-order valence-electron chi connectivity index (χ0n) is 13.5. The number of halogens is 1. The minimum atomic E-state index is -0.713. The molecule has 0 heterocycles. The largest absolute Gasteiger partial charge is 0.491 e. The highest BCUT2D eigenvalue weighted by Gasteiger charge is 2.14. The molecule has 0 aliphatic carbocycles. The molecule has 6 heteroatoms. The molecule has 0 spiro atoms. The number of para-hydroxylation sites is 1. The maximum atomic E-state index is 12.0. The highest BCUT2D eigenvalue weighted by atomic mass is 79.9. The van der Waals surface area contributed by atoms with Gasteiger partial charge in [-0.1, -0.05) is 40.2 Å². The van der Waals surface area contributed by atoms with Crippen LogP contribution in [0.15, 0.2) is 53.0 Å². The molecule has 2 N–H and O–H groups in total. The van der Waals surface area contributed by atoms with Crippen molar-refractivity contribution < 1.29 is 14.3 Å². The summed E-state index contributed by atoms with van der Waals surface area (Å²) in [5.74, 6) is -0.718. The van der Waals surface area contributed by atoms with Crippen LogP contribution in [0.3, 0.4) is 0 Å². The van der Waals surface area contributed by atoms with Gasteiger partial charge in [0, 0.05) is 22.3 Å². The lowest BCUT2D eigenvalue weighted by molar-refractivity contribution is -0.136. The van der Waals surface area contributed by atoms with Gasteiger partial charge in [-0.3, -0.25) is 9.59 Å². The van der Waals surface area contributed by atoms with E-state index in [9.17, 15) is 9.59 Å². The topological polar surface area (TPSA) is 67.4 Å². The Hall–Kier alpha value is -2.34. The Morgan fingerprint density at radius 3 is 2.54 bits per heavy atom. The summed E-state index contributed by atoms with van der Waals surface area (Å²) in [6, 6.07) is 14.4. The number of nitrogens with one attached hydrogen (secondary N) is 2. The van der Waals surface area contributed by atoms with Crippen LogP contribution in [-0.2, 0) is 16.1 Å². The first kappa shape index (κ1) is 18.0. The summed E-state index contributed by atoms with van der Waals surface area (Å²) >= 11 is 3.31. The van der Waals surface area contributed by atoms with E-state index >= 15 is 0 Å². The van der Waals surface area contributed by atoms with Gasteiger partial charge in [0.25, 0.3) is 0 Å². The van der Waals surface area contributed by atoms with Crippen molar-refractivity contribution in [2.45, 2.75) is 26.5 Å². The Labute approximate surface area is 149 Å². The molecule has 0 saturated carbocycles. The fourth-order valence-corrected chi connectivity index (χ4v) is 2.43. The van der Waals surface area contributed by atoms with Gasteiger partial charge in [-0.05, 0) is 38.1 Å². The molecule has 2 aromatic rings. The average Bonchev–Trinajstić information content (AvgIpc) is 2.53. The number of hydrogen-bond donors (Lipinski definition) is 2. The minimum Gasteiger partial charge on any atom is -0.491 e. The van der Waals surface area contributed by atoms with Crippen LogP contribution in [0, 0.1) is 0 Å². The molecule has 0 radical (unpaired) electrons. The summed E-state index contributed by atoms with van der Waals surface area (Å²) in [6.45, 7) is 4.08. The molecule has 0 saturated heterocycles. The first-order chi connectivity index (χ1) is 11.5. The minimum absolute atomic E-state index is 0.0293. The molecule has 2 amide bonds. The number of carbonyl (C=O) groups excluding carboxylic acids is 2. The number of carbonyl (C=O) groups is 2. The van der Waals surface area contributed by atoms with Crippen molar-refractivity contribution in [2.75, 3.05) is 5.32 Å². The van der Waals surface area contributed by atoms with Crippen LogP contribution >= 0.6 is 15.9 Å². The van der Waals surface area contributed by atoms with Crippen LogP contribution in [0.1, 0.15) is 19.4 Å². The molecule has 5 nitrogen and oxygen atoms in total. The van der Waals surface area contributed by atoms with E-state index in [1.807, 2.05) is 44.2 Å². The lowest BCUT2D eigenvalue weighted by Gasteiger charge is -2.14. The molecule has 0 aliphatic heterocycles. The summed E-state index contributed by atoms with van der Waals surface area (Å²) in [6.07, 6.45) is 0.0293. The van der Waals surface area contributed by atoms with Crippen LogP contribution < -0.4 is 15.4 Å². The number of ether oxygens (including phenoxy) is 1. The molecule has 126 valence electrons. The standard InChI is InChI=1S/C18H19BrN2O3/c1-12(2)24-16-9-4-3-6-13(16)11-20-17(22)18(23)21-15-8-5-7-14(19)10-15/h3-10,12H,11H2,1-2H3,(H,20,22)(H,21,23). The summed E-state index contributed by atoms with van der Waals surface area (Å²) in [5.41, 5.74) is 1.36. The Morgan fingerprint density at radius 1 is 1.08 bits per heavy atom. The van der Waals surface area contributed by atoms with Crippen LogP contribution in [0.2, 0.25) is 0 Å². The molecule has 24 heavy (non-hydrogen) atoms. The monoisotopic (exact) mass is 390 g/mol. The van der Waals surface area contributed by atoms with Crippen LogP contribution in [-0.4, -0.2) is 17.9 Å². The van der Waals surface area contributed by atoms with Gasteiger partial charge in [0.15, 0.2) is 0 Å². The van der Waals surface area contributed by atoms with E-state index in [0.717, 1.165) is 10.0 Å². The van der Waals surface area contributed by atoms with Gasteiger partial charge in [0.2, 0.25) is 0 Å². The normalized spacial score (nSPS) is 10.3. The van der Waals surface area contributed by atoms with E-state index < -0.39 is 11.8 Å². The summed E-state index contributed by atoms with van der Waals surface area (Å²) in [5, 5.41) is 5.16. The predicted molar refractivity (Wildman–Crippen MR) is 96.8 cm³/mol. The lowest BCUT2D eigenvalue weighted by Crippen LogP contribution is -2.35. The highest BCUT2D eigenvalue weighted by molar-refractivity contribution is 9.10. The second kappa shape index (κ2) is 8.49. The van der Waals surface area contributed by atoms with Gasteiger partial charge in [0.05, 0.1) is 6.10 Å². The molecular weight excluding hydrogens is 372 g/mol. The fourth-order valence-electron chi connectivity index (χ4n) is 2.03. The third-order valence-electron chi connectivity index (χ3n) is 3.06. The van der Waals surface area contributed by atoms with E-state index in [0.29, 0.717) is 11.4 Å². The molecular formula is C18H19BrN2O3. The van der Waals surface area contributed by atoms with Crippen molar-refractivity contribution >= 4 is 33.4 Å². The molecule has 2 aromatic carbocycles. The molecule has 2 rings (SSSR count). The summed E-state index contributed by atoms with van der Waals surface area (Å²) < 4.78 is 6.51. The van der Waals surface area contributed by atoms with Crippen molar-refractivity contribution in [3.63, 3.8) is 0 Å². The maximum absolute atomic E-state index is 12.0. The Bertz CT molecular complexity index is 732. The number of benzene rings is 2. The Morgan fingerprint density at radius 2 is 1.83 bits per heavy atom. The SMILES string of the molecule is CC(C)Oc1ccccc1CNC(=O)C(=O)Nc1cccc(Br)c1. The second-order valence-electron chi connectivity index (χ2n) is 5.42. The summed E-state index contributed by atoms with van der Waals surface area (Å²) in [4.78, 5) is 23.9. The highest BCUT2D eigenvalue weighted by Crippen LogP contribution is 2.19. The van der Waals surface area contributed by atoms with Gasteiger partial charge >= 0.3 is 11.8 Å². The summed E-state index contributed by atoms with van der Waals surface area (Å²) in [7, 11) is 0. The van der Waals surface area contributed by atoms with E-state index in [-0.39, 0.29) is 12.6 Å². The van der Waals surface area contributed by atoms with E-state index in [1.165, 1.54) is 0 Å².